The Bertz CT molecular complexity index is 565. The summed E-state index contributed by atoms with van der Waals surface area (Å²) in [6, 6.07) is 8.17. The molecule has 2 aromatic rings. The summed E-state index contributed by atoms with van der Waals surface area (Å²) in [5.74, 6) is -0.371. The predicted octanol–water partition coefficient (Wildman–Crippen LogP) is 4.55. The SMILES string of the molecule is Cc1scc(C(=O)O)c1-c1ccc(C(C)C)cc1. The normalized spacial score (nSPS) is 10.9. The van der Waals surface area contributed by atoms with E-state index in [2.05, 4.69) is 26.0 Å². The lowest BCUT2D eigenvalue weighted by atomic mass is 9.97. The van der Waals surface area contributed by atoms with E-state index in [-0.39, 0.29) is 0 Å². The van der Waals surface area contributed by atoms with E-state index in [1.807, 2.05) is 19.1 Å². The highest BCUT2D eigenvalue weighted by Crippen LogP contribution is 2.33. The van der Waals surface area contributed by atoms with Crippen molar-refractivity contribution in [1.29, 1.82) is 0 Å². The first-order valence-corrected chi connectivity index (χ1v) is 6.80. The summed E-state index contributed by atoms with van der Waals surface area (Å²) >= 11 is 1.48. The molecule has 1 heterocycles. The topological polar surface area (TPSA) is 37.3 Å². The number of aromatic carboxylic acids is 1. The fourth-order valence-corrected chi connectivity index (χ4v) is 2.86. The van der Waals surface area contributed by atoms with Crippen molar-refractivity contribution in [3.8, 4) is 11.1 Å². The maximum atomic E-state index is 11.2. The van der Waals surface area contributed by atoms with Gasteiger partial charge in [-0.3, -0.25) is 0 Å². The van der Waals surface area contributed by atoms with Crippen molar-refractivity contribution >= 4 is 17.3 Å². The van der Waals surface area contributed by atoms with Crippen LogP contribution in [0.1, 0.15) is 40.6 Å². The molecule has 0 fully saturated rings. The van der Waals surface area contributed by atoms with Gasteiger partial charge in [0.1, 0.15) is 0 Å². The van der Waals surface area contributed by atoms with Gasteiger partial charge in [-0.1, -0.05) is 38.1 Å². The first kappa shape index (κ1) is 12.8. The number of carbonyl (C=O) groups is 1. The number of thiophene rings is 1. The Morgan fingerprint density at radius 2 is 1.83 bits per heavy atom. The molecule has 1 N–H and O–H groups in total. The van der Waals surface area contributed by atoms with Crippen LogP contribution in [0.3, 0.4) is 0 Å². The van der Waals surface area contributed by atoms with Crippen LogP contribution in [0.2, 0.25) is 0 Å². The Morgan fingerprint density at radius 1 is 1.22 bits per heavy atom. The van der Waals surface area contributed by atoms with E-state index in [1.54, 1.807) is 5.38 Å². The zero-order valence-corrected chi connectivity index (χ0v) is 11.5. The number of aryl methyl sites for hydroxylation is 1. The molecule has 0 radical (unpaired) electrons. The first-order chi connectivity index (χ1) is 8.50. The minimum absolute atomic E-state index is 0.398. The number of carboxylic acid groups (broad SMARTS) is 1. The summed E-state index contributed by atoms with van der Waals surface area (Å²) in [6.45, 7) is 6.25. The summed E-state index contributed by atoms with van der Waals surface area (Å²) < 4.78 is 0. The molecule has 18 heavy (non-hydrogen) atoms. The molecule has 0 saturated heterocycles. The van der Waals surface area contributed by atoms with Gasteiger partial charge in [-0.25, -0.2) is 4.79 Å². The molecule has 1 aromatic carbocycles. The van der Waals surface area contributed by atoms with E-state index in [0.717, 1.165) is 16.0 Å². The molecule has 2 nitrogen and oxygen atoms in total. The Labute approximate surface area is 111 Å². The first-order valence-electron chi connectivity index (χ1n) is 5.92. The van der Waals surface area contributed by atoms with E-state index >= 15 is 0 Å². The van der Waals surface area contributed by atoms with Crippen LogP contribution in [0, 0.1) is 6.92 Å². The Hall–Kier alpha value is -1.61. The van der Waals surface area contributed by atoms with Gasteiger partial charge in [0.25, 0.3) is 0 Å². The molecular weight excluding hydrogens is 244 g/mol. The van der Waals surface area contributed by atoms with Crippen molar-refractivity contribution in [3.63, 3.8) is 0 Å². The van der Waals surface area contributed by atoms with Gasteiger partial charge in [-0.05, 0) is 24.0 Å². The fraction of sp³-hybridized carbons (Fsp3) is 0.267. The minimum atomic E-state index is -0.859. The number of carboxylic acids is 1. The van der Waals surface area contributed by atoms with Crippen LogP contribution < -0.4 is 0 Å². The summed E-state index contributed by atoms with van der Waals surface area (Å²) in [5, 5.41) is 10.9. The second-order valence-electron chi connectivity index (χ2n) is 4.66. The van der Waals surface area contributed by atoms with E-state index < -0.39 is 5.97 Å². The Balaban J connectivity index is 2.48. The van der Waals surface area contributed by atoms with Crippen LogP contribution in [-0.4, -0.2) is 11.1 Å². The lowest BCUT2D eigenvalue weighted by molar-refractivity contribution is 0.0698. The van der Waals surface area contributed by atoms with Gasteiger partial charge in [0.15, 0.2) is 0 Å². The van der Waals surface area contributed by atoms with Crippen molar-refractivity contribution in [2.45, 2.75) is 26.7 Å². The van der Waals surface area contributed by atoms with Gasteiger partial charge in [0, 0.05) is 15.8 Å². The van der Waals surface area contributed by atoms with Crippen LogP contribution >= 0.6 is 11.3 Å². The van der Waals surface area contributed by atoms with Crippen molar-refractivity contribution in [2.75, 3.05) is 0 Å². The van der Waals surface area contributed by atoms with Crippen LogP contribution in [0.25, 0.3) is 11.1 Å². The van der Waals surface area contributed by atoms with Crippen LogP contribution in [0.4, 0.5) is 0 Å². The lowest BCUT2D eigenvalue weighted by Gasteiger charge is -2.08. The maximum absolute atomic E-state index is 11.2. The molecule has 3 heteroatoms. The average molecular weight is 260 g/mol. The number of rotatable bonds is 3. The van der Waals surface area contributed by atoms with Crippen molar-refractivity contribution in [3.05, 3.63) is 45.6 Å². The Kier molecular flexibility index (Phi) is 3.53. The second-order valence-corrected chi connectivity index (χ2v) is 5.75. The molecule has 0 saturated carbocycles. The summed E-state index contributed by atoms with van der Waals surface area (Å²) in [6.07, 6.45) is 0. The Morgan fingerprint density at radius 3 is 2.33 bits per heavy atom. The number of hydrogen-bond acceptors (Lipinski definition) is 2. The molecule has 0 spiro atoms. The quantitative estimate of drug-likeness (QED) is 0.879. The zero-order chi connectivity index (χ0) is 13.3. The third kappa shape index (κ3) is 2.31. The van der Waals surface area contributed by atoms with Gasteiger partial charge < -0.3 is 5.11 Å². The fourth-order valence-electron chi connectivity index (χ4n) is 2.01. The maximum Gasteiger partial charge on any atom is 0.337 e. The van der Waals surface area contributed by atoms with Crippen molar-refractivity contribution in [2.24, 2.45) is 0 Å². The molecule has 0 aliphatic rings. The molecular formula is C15H16O2S. The third-order valence-corrected chi connectivity index (χ3v) is 3.98. The van der Waals surface area contributed by atoms with Gasteiger partial charge in [0.05, 0.1) is 5.56 Å². The van der Waals surface area contributed by atoms with E-state index in [0.29, 0.717) is 11.5 Å². The van der Waals surface area contributed by atoms with Crippen molar-refractivity contribution < 1.29 is 9.90 Å². The van der Waals surface area contributed by atoms with Gasteiger partial charge in [0.2, 0.25) is 0 Å². The molecule has 0 atom stereocenters. The lowest BCUT2D eigenvalue weighted by Crippen LogP contribution is -1.97. The highest BCUT2D eigenvalue weighted by molar-refractivity contribution is 7.10. The largest absolute Gasteiger partial charge is 0.478 e. The van der Waals surface area contributed by atoms with E-state index in [9.17, 15) is 9.90 Å². The number of benzene rings is 1. The average Bonchev–Trinajstić information content (AvgIpc) is 2.71. The standard InChI is InChI=1S/C15H16O2S/c1-9(2)11-4-6-12(7-5-11)14-10(3)18-8-13(14)15(16)17/h4-9H,1-3H3,(H,16,17). The summed E-state index contributed by atoms with van der Waals surface area (Å²) in [4.78, 5) is 12.2. The van der Waals surface area contributed by atoms with Crippen LogP contribution in [0.15, 0.2) is 29.6 Å². The van der Waals surface area contributed by atoms with Gasteiger partial charge in [-0.2, -0.15) is 0 Å². The van der Waals surface area contributed by atoms with E-state index in [1.165, 1.54) is 16.9 Å². The molecule has 2 rings (SSSR count). The van der Waals surface area contributed by atoms with Crippen LogP contribution in [0.5, 0.6) is 0 Å². The van der Waals surface area contributed by atoms with Gasteiger partial charge >= 0.3 is 5.97 Å². The van der Waals surface area contributed by atoms with Crippen LogP contribution in [-0.2, 0) is 0 Å². The third-order valence-electron chi connectivity index (χ3n) is 3.07. The molecule has 0 unspecified atom stereocenters. The molecule has 1 aromatic heterocycles. The highest BCUT2D eigenvalue weighted by Gasteiger charge is 2.16. The molecule has 0 bridgehead atoms. The predicted molar refractivity (Wildman–Crippen MR) is 75.5 cm³/mol. The summed E-state index contributed by atoms with van der Waals surface area (Å²) in [7, 11) is 0. The highest BCUT2D eigenvalue weighted by atomic mass is 32.1. The molecule has 94 valence electrons. The molecule has 0 aliphatic heterocycles. The number of hydrogen-bond donors (Lipinski definition) is 1. The van der Waals surface area contributed by atoms with E-state index in [4.69, 9.17) is 0 Å². The summed E-state index contributed by atoms with van der Waals surface area (Å²) in [5.41, 5.74) is 3.50. The zero-order valence-electron chi connectivity index (χ0n) is 10.7. The van der Waals surface area contributed by atoms with Crippen molar-refractivity contribution in [1.82, 2.24) is 0 Å². The molecule has 0 amide bonds. The van der Waals surface area contributed by atoms with Gasteiger partial charge in [-0.15, -0.1) is 11.3 Å². The molecule has 0 aliphatic carbocycles. The second kappa shape index (κ2) is 4.94. The minimum Gasteiger partial charge on any atom is -0.478 e. The monoisotopic (exact) mass is 260 g/mol. The smallest absolute Gasteiger partial charge is 0.337 e.